The maximum Gasteiger partial charge on any atom is 0.138 e. The quantitative estimate of drug-likeness (QED) is 0.240. The molecule has 7 rings (SSSR count). The van der Waals surface area contributed by atoms with E-state index in [9.17, 15) is 0 Å². The van der Waals surface area contributed by atoms with Crippen molar-refractivity contribution < 1.29 is 0 Å². The Morgan fingerprint density at radius 2 is 1.26 bits per heavy atom. The molecule has 0 radical (unpaired) electrons. The van der Waals surface area contributed by atoms with Crippen LogP contribution in [0.15, 0.2) is 104 Å². The van der Waals surface area contributed by atoms with Crippen LogP contribution >= 0.6 is 23.2 Å². The number of imidazole rings is 2. The minimum Gasteiger partial charge on any atom is -0.298 e. The number of fused-ring (bicyclic) bond motifs is 2. The van der Waals surface area contributed by atoms with E-state index in [2.05, 4.69) is 26.3 Å². The minimum atomic E-state index is 0.699. The van der Waals surface area contributed by atoms with Crippen LogP contribution in [0, 0.1) is 12.3 Å². The SMILES string of the molecule is C#Cc1c(-c2ccc(Cl)cc2)nc2ccccn12.Clc1ccc(-c2nc3ccccn3c2-c2cn[nH]n2)cc1. The first-order chi connectivity index (χ1) is 19.1. The van der Waals surface area contributed by atoms with Crippen LogP contribution in [-0.4, -0.2) is 34.2 Å². The van der Waals surface area contributed by atoms with Gasteiger partial charge in [-0.2, -0.15) is 15.4 Å². The van der Waals surface area contributed by atoms with Crippen LogP contribution in [0.25, 0.3) is 45.2 Å². The predicted octanol–water partition coefficient (Wildman–Crippen LogP) is 7.08. The third-order valence-corrected chi connectivity index (χ3v) is 6.59. The van der Waals surface area contributed by atoms with E-state index >= 15 is 0 Å². The molecule has 1 N–H and O–H groups in total. The molecule has 0 amide bonds. The molecule has 0 aliphatic heterocycles. The molecular formula is C30H19Cl2N7. The minimum absolute atomic E-state index is 0.699. The van der Waals surface area contributed by atoms with Crippen LogP contribution in [0.3, 0.4) is 0 Å². The van der Waals surface area contributed by atoms with E-state index in [1.807, 2.05) is 106 Å². The van der Waals surface area contributed by atoms with Gasteiger partial charge in [-0.15, -0.1) is 6.42 Å². The summed E-state index contributed by atoms with van der Waals surface area (Å²) in [6.07, 6.45) is 11.2. The highest BCUT2D eigenvalue weighted by Gasteiger charge is 2.17. The Morgan fingerprint density at radius 3 is 1.85 bits per heavy atom. The number of aromatic nitrogens is 7. The summed E-state index contributed by atoms with van der Waals surface area (Å²) in [4.78, 5) is 9.27. The highest BCUT2D eigenvalue weighted by molar-refractivity contribution is 6.30. The number of rotatable bonds is 3. The number of halogens is 2. The van der Waals surface area contributed by atoms with Gasteiger partial charge in [0, 0.05) is 33.6 Å². The third-order valence-electron chi connectivity index (χ3n) is 6.09. The number of pyridine rings is 2. The van der Waals surface area contributed by atoms with Gasteiger partial charge in [0.2, 0.25) is 0 Å². The number of terminal acetylenes is 1. The van der Waals surface area contributed by atoms with Gasteiger partial charge in [0.05, 0.1) is 11.9 Å². The summed E-state index contributed by atoms with van der Waals surface area (Å²) in [6, 6.07) is 26.8. The molecule has 0 saturated heterocycles. The molecule has 0 fully saturated rings. The van der Waals surface area contributed by atoms with Gasteiger partial charge in [0.25, 0.3) is 0 Å². The van der Waals surface area contributed by atoms with E-state index in [1.165, 1.54) is 0 Å². The molecule has 7 aromatic rings. The molecule has 0 aliphatic rings. The van der Waals surface area contributed by atoms with Gasteiger partial charge < -0.3 is 0 Å². The predicted molar refractivity (Wildman–Crippen MR) is 155 cm³/mol. The number of nitrogens with one attached hydrogen (secondary N) is 1. The number of hydrogen-bond donors (Lipinski definition) is 1. The smallest absolute Gasteiger partial charge is 0.138 e. The molecule has 188 valence electrons. The maximum absolute atomic E-state index is 5.96. The summed E-state index contributed by atoms with van der Waals surface area (Å²) in [7, 11) is 0. The normalized spacial score (nSPS) is 10.8. The second-order valence-electron chi connectivity index (χ2n) is 8.49. The number of hydrogen-bond acceptors (Lipinski definition) is 4. The van der Waals surface area contributed by atoms with E-state index in [-0.39, 0.29) is 0 Å². The molecule has 39 heavy (non-hydrogen) atoms. The van der Waals surface area contributed by atoms with E-state index in [0.717, 1.165) is 50.9 Å². The third kappa shape index (κ3) is 4.75. The van der Waals surface area contributed by atoms with Gasteiger partial charge in [-0.1, -0.05) is 59.6 Å². The number of aromatic amines is 1. The summed E-state index contributed by atoms with van der Waals surface area (Å²) >= 11 is 11.8. The van der Waals surface area contributed by atoms with E-state index in [4.69, 9.17) is 34.6 Å². The van der Waals surface area contributed by atoms with Crippen molar-refractivity contribution in [2.75, 3.05) is 0 Å². The first kappa shape index (κ1) is 24.4. The van der Waals surface area contributed by atoms with Crippen molar-refractivity contribution >= 4 is 34.5 Å². The Balaban J connectivity index is 0.000000144. The zero-order valence-electron chi connectivity index (χ0n) is 20.3. The molecule has 0 bridgehead atoms. The average Bonchev–Trinajstić information content (AvgIpc) is 3.71. The maximum atomic E-state index is 5.96. The van der Waals surface area contributed by atoms with Gasteiger partial charge in [-0.05, 0) is 54.5 Å². The topological polar surface area (TPSA) is 76.2 Å². The lowest BCUT2D eigenvalue weighted by Gasteiger charge is -2.02. The van der Waals surface area contributed by atoms with Crippen molar-refractivity contribution in [3.8, 4) is 46.2 Å². The zero-order chi connectivity index (χ0) is 26.8. The lowest BCUT2D eigenvalue weighted by molar-refractivity contribution is 0.940. The molecule has 5 aromatic heterocycles. The largest absolute Gasteiger partial charge is 0.298 e. The van der Waals surface area contributed by atoms with E-state index in [1.54, 1.807) is 6.20 Å². The lowest BCUT2D eigenvalue weighted by atomic mass is 10.1. The fourth-order valence-corrected chi connectivity index (χ4v) is 4.56. The Morgan fingerprint density at radius 1 is 0.692 bits per heavy atom. The monoisotopic (exact) mass is 547 g/mol. The average molecular weight is 548 g/mol. The van der Waals surface area contributed by atoms with Crippen molar-refractivity contribution in [3.63, 3.8) is 0 Å². The molecule has 0 aliphatic carbocycles. The molecule has 0 spiro atoms. The van der Waals surface area contributed by atoms with Crippen LogP contribution in [0.4, 0.5) is 0 Å². The summed E-state index contributed by atoms with van der Waals surface area (Å²) in [6.45, 7) is 0. The molecule has 0 atom stereocenters. The van der Waals surface area contributed by atoms with Crippen LogP contribution in [0.1, 0.15) is 5.69 Å². The summed E-state index contributed by atoms with van der Waals surface area (Å²) in [5.74, 6) is 2.70. The van der Waals surface area contributed by atoms with Crippen molar-refractivity contribution in [2.45, 2.75) is 0 Å². The highest BCUT2D eigenvalue weighted by atomic mass is 35.5. The van der Waals surface area contributed by atoms with Crippen molar-refractivity contribution in [1.82, 2.24) is 34.2 Å². The Hall–Kier alpha value is -4.90. The number of nitrogens with zero attached hydrogens (tertiary/aromatic N) is 6. The van der Waals surface area contributed by atoms with Crippen molar-refractivity contribution in [2.24, 2.45) is 0 Å². The lowest BCUT2D eigenvalue weighted by Crippen LogP contribution is -1.89. The van der Waals surface area contributed by atoms with Crippen LogP contribution in [0.5, 0.6) is 0 Å². The summed E-state index contributed by atoms with van der Waals surface area (Å²) in [5.41, 5.74) is 7.73. The van der Waals surface area contributed by atoms with E-state index in [0.29, 0.717) is 10.0 Å². The molecule has 5 heterocycles. The van der Waals surface area contributed by atoms with Gasteiger partial charge >= 0.3 is 0 Å². The van der Waals surface area contributed by atoms with Crippen molar-refractivity contribution in [1.29, 1.82) is 0 Å². The van der Waals surface area contributed by atoms with Crippen molar-refractivity contribution in [3.05, 3.63) is 119 Å². The first-order valence-corrected chi connectivity index (χ1v) is 12.7. The standard InChI is InChI=1S/C15H10ClN5.C15H9ClN2/c16-11-6-4-10(5-7-11)14-15(12-9-17-20-19-12)21-8-2-1-3-13(21)18-14;1-2-13-15(11-6-8-12(16)9-7-11)17-14-5-3-4-10-18(13)14/h1-9H,(H,17,19,20);1,3-10H. The Labute approximate surface area is 233 Å². The van der Waals surface area contributed by atoms with Gasteiger partial charge in [-0.3, -0.25) is 8.80 Å². The molecule has 2 aromatic carbocycles. The van der Waals surface area contributed by atoms with E-state index < -0.39 is 0 Å². The Kier molecular flexibility index (Phi) is 6.55. The second kappa shape index (κ2) is 10.5. The van der Waals surface area contributed by atoms with Gasteiger partial charge in [0.1, 0.15) is 34.1 Å². The number of H-pyrrole nitrogens is 1. The van der Waals surface area contributed by atoms with Gasteiger partial charge in [-0.25, -0.2) is 9.97 Å². The first-order valence-electron chi connectivity index (χ1n) is 11.9. The fourth-order valence-electron chi connectivity index (χ4n) is 4.31. The fraction of sp³-hybridized carbons (Fsp3) is 0. The van der Waals surface area contributed by atoms with Crippen LogP contribution < -0.4 is 0 Å². The molecule has 7 nitrogen and oxygen atoms in total. The molecule has 9 heteroatoms. The number of benzene rings is 2. The van der Waals surface area contributed by atoms with Gasteiger partial charge in [0.15, 0.2) is 0 Å². The highest BCUT2D eigenvalue weighted by Crippen LogP contribution is 2.32. The molecular weight excluding hydrogens is 529 g/mol. The zero-order valence-corrected chi connectivity index (χ0v) is 21.8. The van der Waals surface area contributed by atoms with Crippen LogP contribution in [-0.2, 0) is 0 Å². The summed E-state index contributed by atoms with van der Waals surface area (Å²) in [5, 5.41) is 12.1. The molecule has 0 saturated carbocycles. The van der Waals surface area contributed by atoms with Crippen LogP contribution in [0.2, 0.25) is 10.0 Å². The second-order valence-corrected chi connectivity index (χ2v) is 9.36. The summed E-state index contributed by atoms with van der Waals surface area (Å²) < 4.78 is 3.91. The Bertz CT molecular complexity index is 1930. The molecule has 0 unspecified atom stereocenters.